The van der Waals surface area contributed by atoms with E-state index in [1.165, 1.54) is 0 Å². The zero-order chi connectivity index (χ0) is 13.9. The molecule has 0 aliphatic rings. The van der Waals surface area contributed by atoms with Gasteiger partial charge < -0.3 is 17.3 Å². The van der Waals surface area contributed by atoms with Gasteiger partial charge in [-0.3, -0.25) is 0 Å². The van der Waals surface area contributed by atoms with Gasteiger partial charge in [-0.1, -0.05) is 18.2 Å². The quantitative estimate of drug-likeness (QED) is 0.272. The van der Waals surface area contributed by atoms with Gasteiger partial charge in [0.05, 0.1) is 10.5 Å². The largest absolute Gasteiger partial charge is 0.673 e. The van der Waals surface area contributed by atoms with E-state index < -0.39 is 7.25 Å². The summed E-state index contributed by atoms with van der Waals surface area (Å²) in [6, 6.07) is 14.0. The lowest BCUT2D eigenvalue weighted by Crippen LogP contribution is -2.27. The molecule has 3 aromatic rings. The lowest BCUT2D eigenvalue weighted by atomic mass is 10.2. The first-order chi connectivity index (χ1) is 8.95. The summed E-state index contributed by atoms with van der Waals surface area (Å²) >= 11 is 0. The van der Waals surface area contributed by atoms with Gasteiger partial charge in [0, 0.05) is 0 Å². The van der Waals surface area contributed by atoms with Crippen molar-refractivity contribution in [3.8, 4) is 0 Å². The minimum absolute atomic E-state index is 0.929. The van der Waals surface area contributed by atoms with Crippen molar-refractivity contribution in [2.75, 3.05) is 0 Å². The maximum atomic E-state index is 9.75. The van der Waals surface area contributed by atoms with Gasteiger partial charge in [0.1, 0.15) is 11.4 Å². The molecule has 2 aromatic heterocycles. The SMILES string of the molecule is F[B-](F)(F)F.c1ccc2c(c1)nn[n+]1ccccc21. The normalized spacial score (nSPS) is 11.2. The van der Waals surface area contributed by atoms with E-state index in [2.05, 4.69) is 16.4 Å². The van der Waals surface area contributed by atoms with Gasteiger partial charge in [-0.2, -0.15) is 0 Å². The monoisotopic (exact) mass is 269 g/mol. The van der Waals surface area contributed by atoms with Crippen LogP contribution >= 0.6 is 0 Å². The van der Waals surface area contributed by atoms with Gasteiger partial charge in [-0.15, -0.1) is 4.52 Å². The molecule has 0 spiro atoms. The van der Waals surface area contributed by atoms with Crippen molar-refractivity contribution in [1.29, 1.82) is 0 Å². The van der Waals surface area contributed by atoms with Gasteiger partial charge in [0.2, 0.25) is 5.52 Å². The van der Waals surface area contributed by atoms with Crippen molar-refractivity contribution in [1.82, 2.24) is 10.3 Å². The molecule has 0 saturated carbocycles. The second kappa shape index (κ2) is 5.17. The lowest BCUT2D eigenvalue weighted by Gasteiger charge is -1.94. The Kier molecular flexibility index (Phi) is 3.59. The van der Waals surface area contributed by atoms with Crippen molar-refractivity contribution in [2.45, 2.75) is 0 Å². The molecule has 0 N–H and O–H groups in total. The number of rotatable bonds is 0. The molecule has 0 amide bonds. The van der Waals surface area contributed by atoms with Crippen LogP contribution in [0, 0.1) is 0 Å². The molecule has 19 heavy (non-hydrogen) atoms. The first kappa shape index (κ1) is 13.2. The van der Waals surface area contributed by atoms with Crippen LogP contribution in [0.15, 0.2) is 48.7 Å². The fraction of sp³-hybridized carbons (Fsp3) is 0. The van der Waals surface area contributed by atoms with Crippen LogP contribution in [0.2, 0.25) is 0 Å². The van der Waals surface area contributed by atoms with Gasteiger partial charge in [0.25, 0.3) is 0 Å². The number of nitrogens with zero attached hydrogens (tertiary/aromatic N) is 3. The predicted octanol–water partition coefficient (Wildman–Crippen LogP) is 2.67. The van der Waals surface area contributed by atoms with E-state index in [1.807, 2.05) is 42.6 Å². The molecule has 98 valence electrons. The highest BCUT2D eigenvalue weighted by Gasteiger charge is 2.20. The van der Waals surface area contributed by atoms with Gasteiger partial charge in [-0.25, -0.2) is 0 Å². The molecule has 1 aromatic carbocycles. The van der Waals surface area contributed by atoms with Gasteiger partial charge in [0.15, 0.2) is 5.52 Å². The molecule has 0 radical (unpaired) electrons. The van der Waals surface area contributed by atoms with Crippen LogP contribution in [-0.4, -0.2) is 17.6 Å². The smallest absolute Gasteiger partial charge is 0.418 e. The molecule has 3 rings (SSSR count). The zero-order valence-corrected chi connectivity index (χ0v) is 9.55. The second-order valence-electron chi connectivity index (χ2n) is 3.63. The molecular formula is C11H8BF4N3. The number of hydrogen-bond acceptors (Lipinski definition) is 2. The summed E-state index contributed by atoms with van der Waals surface area (Å²) < 4.78 is 40.8. The topological polar surface area (TPSA) is 29.9 Å². The van der Waals surface area contributed by atoms with Crippen LogP contribution in [0.4, 0.5) is 17.3 Å². The molecule has 0 unspecified atom stereocenters. The van der Waals surface area contributed by atoms with Crippen LogP contribution in [0.5, 0.6) is 0 Å². The Hall–Kier alpha value is -2.25. The zero-order valence-electron chi connectivity index (χ0n) is 9.55. The fourth-order valence-corrected chi connectivity index (χ4v) is 1.60. The molecule has 3 nitrogen and oxygen atoms in total. The Balaban J connectivity index is 0.000000232. The molecule has 0 saturated heterocycles. The number of aromatic nitrogens is 3. The number of halogens is 4. The van der Waals surface area contributed by atoms with E-state index >= 15 is 0 Å². The Bertz CT molecular complexity index is 641. The van der Waals surface area contributed by atoms with Crippen molar-refractivity contribution in [3.63, 3.8) is 0 Å². The Labute approximate surface area is 105 Å². The van der Waals surface area contributed by atoms with E-state index in [-0.39, 0.29) is 0 Å². The summed E-state index contributed by atoms with van der Waals surface area (Å²) in [6.07, 6.45) is 1.90. The molecule has 0 bridgehead atoms. The first-order valence-electron chi connectivity index (χ1n) is 5.34. The Morgan fingerprint density at radius 2 is 1.53 bits per heavy atom. The van der Waals surface area contributed by atoms with Crippen molar-refractivity contribution >= 4 is 23.7 Å². The van der Waals surface area contributed by atoms with Crippen LogP contribution in [0.3, 0.4) is 0 Å². The minimum atomic E-state index is -6.00. The summed E-state index contributed by atoms with van der Waals surface area (Å²) in [5.74, 6) is 0. The Morgan fingerprint density at radius 1 is 0.895 bits per heavy atom. The number of fused-ring (bicyclic) bond motifs is 3. The van der Waals surface area contributed by atoms with E-state index in [0.717, 1.165) is 16.4 Å². The standard InChI is InChI=1S/C11H8N3.BF4/c1-2-6-10-9(5-1)11-7-3-4-8-14(11)13-12-10;2-1(3,4)5/h1-8H;/q+1;-1. The molecule has 2 heterocycles. The van der Waals surface area contributed by atoms with Crippen LogP contribution in [0.1, 0.15) is 0 Å². The summed E-state index contributed by atoms with van der Waals surface area (Å²) in [6.45, 7) is 0. The molecule has 0 aliphatic carbocycles. The minimum Gasteiger partial charge on any atom is -0.418 e. The highest BCUT2D eigenvalue weighted by molar-refractivity contribution is 6.50. The third-order valence-corrected chi connectivity index (χ3v) is 2.27. The van der Waals surface area contributed by atoms with E-state index in [0.29, 0.717) is 0 Å². The maximum Gasteiger partial charge on any atom is 0.673 e. The third-order valence-electron chi connectivity index (χ3n) is 2.27. The second-order valence-corrected chi connectivity index (χ2v) is 3.63. The average Bonchev–Trinajstić information content (AvgIpc) is 2.37. The maximum absolute atomic E-state index is 9.75. The number of benzene rings is 1. The van der Waals surface area contributed by atoms with Gasteiger partial charge >= 0.3 is 7.25 Å². The van der Waals surface area contributed by atoms with Crippen molar-refractivity contribution < 1.29 is 21.8 Å². The number of pyridine rings is 1. The van der Waals surface area contributed by atoms with Crippen LogP contribution in [-0.2, 0) is 0 Å². The van der Waals surface area contributed by atoms with E-state index in [1.54, 1.807) is 4.52 Å². The van der Waals surface area contributed by atoms with Crippen LogP contribution < -0.4 is 4.52 Å². The van der Waals surface area contributed by atoms with Crippen LogP contribution in [0.25, 0.3) is 16.4 Å². The fourth-order valence-electron chi connectivity index (χ4n) is 1.60. The molecule has 0 fully saturated rings. The first-order valence-corrected chi connectivity index (χ1v) is 5.34. The van der Waals surface area contributed by atoms with E-state index in [4.69, 9.17) is 0 Å². The Morgan fingerprint density at radius 3 is 2.26 bits per heavy atom. The highest BCUT2D eigenvalue weighted by Crippen LogP contribution is 2.12. The van der Waals surface area contributed by atoms with Crippen molar-refractivity contribution in [3.05, 3.63) is 48.7 Å². The summed E-state index contributed by atoms with van der Waals surface area (Å²) in [4.78, 5) is 0. The number of hydrogen-bond donors (Lipinski definition) is 0. The predicted molar refractivity (Wildman–Crippen MR) is 62.9 cm³/mol. The molecule has 0 atom stereocenters. The van der Waals surface area contributed by atoms with Gasteiger partial charge in [-0.05, 0) is 24.3 Å². The molecular weight excluding hydrogens is 261 g/mol. The lowest BCUT2D eigenvalue weighted by molar-refractivity contribution is -0.586. The highest BCUT2D eigenvalue weighted by atomic mass is 19.5. The average molecular weight is 269 g/mol. The molecule has 8 heteroatoms. The summed E-state index contributed by atoms with van der Waals surface area (Å²) in [5.41, 5.74) is 2.01. The third kappa shape index (κ3) is 3.61. The van der Waals surface area contributed by atoms with E-state index in [9.17, 15) is 17.3 Å². The summed E-state index contributed by atoms with van der Waals surface area (Å²) in [7, 11) is -6.00. The molecule has 0 aliphatic heterocycles. The van der Waals surface area contributed by atoms with Crippen molar-refractivity contribution in [2.24, 2.45) is 0 Å². The summed E-state index contributed by atoms with van der Waals surface area (Å²) in [5, 5.41) is 9.33.